The predicted octanol–water partition coefficient (Wildman–Crippen LogP) is 2.73. The molecule has 1 amide bonds. The molecule has 0 saturated heterocycles. The van der Waals surface area contributed by atoms with Gasteiger partial charge in [-0.1, -0.05) is 26.0 Å². The first-order valence-electron chi connectivity index (χ1n) is 6.42. The van der Waals surface area contributed by atoms with E-state index < -0.39 is 5.97 Å². The molecule has 19 heavy (non-hydrogen) atoms. The van der Waals surface area contributed by atoms with Crippen molar-refractivity contribution in [3.8, 4) is 0 Å². The van der Waals surface area contributed by atoms with Crippen molar-refractivity contribution in [3.63, 3.8) is 0 Å². The number of amides is 1. The van der Waals surface area contributed by atoms with Gasteiger partial charge in [-0.15, -0.1) is 0 Å². The van der Waals surface area contributed by atoms with E-state index >= 15 is 0 Å². The SMILES string of the molecule is CCC(C)c1ccc(N(C)C(=O)CC(=O)OC)cc1. The molecule has 1 aromatic rings. The van der Waals surface area contributed by atoms with Gasteiger partial charge < -0.3 is 9.64 Å². The summed E-state index contributed by atoms with van der Waals surface area (Å²) in [6.45, 7) is 4.31. The lowest BCUT2D eigenvalue weighted by atomic mass is 9.98. The normalized spacial score (nSPS) is 11.8. The number of nitrogens with zero attached hydrogens (tertiary/aromatic N) is 1. The Hall–Kier alpha value is -1.84. The van der Waals surface area contributed by atoms with E-state index in [4.69, 9.17) is 0 Å². The molecule has 1 atom stereocenters. The molecule has 1 aromatic carbocycles. The maximum Gasteiger partial charge on any atom is 0.315 e. The topological polar surface area (TPSA) is 46.6 Å². The van der Waals surface area contributed by atoms with Crippen molar-refractivity contribution in [2.75, 3.05) is 19.1 Å². The van der Waals surface area contributed by atoms with E-state index in [1.807, 2.05) is 24.3 Å². The highest BCUT2D eigenvalue weighted by Gasteiger charge is 2.15. The fraction of sp³-hybridized carbons (Fsp3) is 0.467. The average Bonchev–Trinajstić information content (AvgIpc) is 2.45. The van der Waals surface area contributed by atoms with E-state index in [0.29, 0.717) is 5.92 Å². The summed E-state index contributed by atoms with van der Waals surface area (Å²) in [5.41, 5.74) is 2.03. The van der Waals surface area contributed by atoms with Crippen LogP contribution in [0, 0.1) is 0 Å². The number of methoxy groups -OCH3 is 1. The molecule has 0 aliphatic rings. The van der Waals surface area contributed by atoms with Gasteiger partial charge in [0.2, 0.25) is 5.91 Å². The number of anilines is 1. The minimum absolute atomic E-state index is 0.236. The first kappa shape index (κ1) is 15.2. The summed E-state index contributed by atoms with van der Waals surface area (Å²) in [5, 5.41) is 0. The van der Waals surface area contributed by atoms with Crippen LogP contribution in [0.3, 0.4) is 0 Å². The van der Waals surface area contributed by atoms with Crippen molar-refractivity contribution in [2.45, 2.75) is 32.6 Å². The Bertz CT molecular complexity index is 439. The van der Waals surface area contributed by atoms with Crippen LogP contribution in [-0.4, -0.2) is 26.0 Å². The number of carbonyl (C=O) groups excluding carboxylic acids is 2. The molecule has 0 aliphatic carbocycles. The number of hydrogen-bond donors (Lipinski definition) is 0. The van der Waals surface area contributed by atoms with E-state index in [1.165, 1.54) is 17.6 Å². The molecule has 104 valence electrons. The van der Waals surface area contributed by atoms with Gasteiger partial charge in [0.1, 0.15) is 6.42 Å². The summed E-state index contributed by atoms with van der Waals surface area (Å²) in [4.78, 5) is 24.4. The van der Waals surface area contributed by atoms with Crippen LogP contribution < -0.4 is 4.90 Å². The van der Waals surface area contributed by atoms with Gasteiger partial charge in [-0.2, -0.15) is 0 Å². The fourth-order valence-corrected chi connectivity index (χ4v) is 1.72. The summed E-state index contributed by atoms with van der Waals surface area (Å²) < 4.78 is 4.49. The molecular weight excluding hydrogens is 242 g/mol. The molecule has 0 aliphatic heterocycles. The average molecular weight is 263 g/mol. The lowest BCUT2D eigenvalue weighted by Crippen LogP contribution is -2.28. The fourth-order valence-electron chi connectivity index (χ4n) is 1.72. The summed E-state index contributed by atoms with van der Waals surface area (Å²) in [7, 11) is 2.93. The first-order valence-corrected chi connectivity index (χ1v) is 6.42. The second-order valence-electron chi connectivity index (χ2n) is 4.61. The van der Waals surface area contributed by atoms with Crippen LogP contribution in [0.2, 0.25) is 0 Å². The molecular formula is C15H21NO3. The lowest BCUT2D eigenvalue weighted by molar-refractivity contribution is -0.143. The molecule has 0 bridgehead atoms. The van der Waals surface area contributed by atoms with Gasteiger partial charge in [0.15, 0.2) is 0 Å². The molecule has 0 spiro atoms. The summed E-state index contributed by atoms with van der Waals surface area (Å²) in [5.74, 6) is -0.290. The van der Waals surface area contributed by atoms with Gasteiger partial charge in [0.25, 0.3) is 0 Å². The van der Waals surface area contributed by atoms with Crippen LogP contribution in [0.4, 0.5) is 5.69 Å². The molecule has 1 rings (SSSR count). The Morgan fingerprint density at radius 3 is 2.32 bits per heavy atom. The van der Waals surface area contributed by atoms with Crippen molar-refractivity contribution in [3.05, 3.63) is 29.8 Å². The Morgan fingerprint density at radius 1 is 1.26 bits per heavy atom. The molecule has 0 fully saturated rings. The predicted molar refractivity (Wildman–Crippen MR) is 75.2 cm³/mol. The monoisotopic (exact) mass is 263 g/mol. The number of ether oxygens (including phenoxy) is 1. The van der Waals surface area contributed by atoms with Gasteiger partial charge in [-0.25, -0.2) is 0 Å². The van der Waals surface area contributed by atoms with Crippen LogP contribution >= 0.6 is 0 Å². The number of carbonyl (C=O) groups is 2. The van der Waals surface area contributed by atoms with E-state index in [9.17, 15) is 9.59 Å². The van der Waals surface area contributed by atoms with Gasteiger partial charge >= 0.3 is 5.97 Å². The maximum absolute atomic E-state index is 11.8. The second-order valence-corrected chi connectivity index (χ2v) is 4.61. The van der Waals surface area contributed by atoms with Crippen molar-refractivity contribution in [2.24, 2.45) is 0 Å². The smallest absolute Gasteiger partial charge is 0.315 e. The lowest BCUT2D eigenvalue weighted by Gasteiger charge is -2.18. The van der Waals surface area contributed by atoms with Gasteiger partial charge in [-0.05, 0) is 30.0 Å². The highest BCUT2D eigenvalue weighted by atomic mass is 16.5. The van der Waals surface area contributed by atoms with Crippen LogP contribution in [0.5, 0.6) is 0 Å². The molecule has 0 saturated carbocycles. The second kappa shape index (κ2) is 6.92. The zero-order valence-electron chi connectivity index (χ0n) is 12.0. The Morgan fingerprint density at radius 2 is 1.84 bits per heavy atom. The van der Waals surface area contributed by atoms with Crippen LogP contribution in [0.15, 0.2) is 24.3 Å². The highest BCUT2D eigenvalue weighted by Crippen LogP contribution is 2.22. The Kier molecular flexibility index (Phi) is 5.55. The third-order valence-electron chi connectivity index (χ3n) is 3.36. The summed E-state index contributed by atoms with van der Waals surface area (Å²) in [6.07, 6.45) is 0.844. The number of benzene rings is 1. The largest absolute Gasteiger partial charge is 0.469 e. The van der Waals surface area contributed by atoms with Gasteiger partial charge in [0, 0.05) is 12.7 Å². The summed E-state index contributed by atoms with van der Waals surface area (Å²) >= 11 is 0. The van der Waals surface area contributed by atoms with E-state index in [-0.39, 0.29) is 12.3 Å². The number of hydrogen-bond acceptors (Lipinski definition) is 3. The Balaban J connectivity index is 2.74. The molecule has 4 heteroatoms. The van der Waals surface area contributed by atoms with Crippen molar-refractivity contribution < 1.29 is 14.3 Å². The van der Waals surface area contributed by atoms with E-state index in [2.05, 4.69) is 18.6 Å². The van der Waals surface area contributed by atoms with Crippen LogP contribution in [-0.2, 0) is 14.3 Å². The van der Waals surface area contributed by atoms with Gasteiger partial charge in [0.05, 0.1) is 7.11 Å². The maximum atomic E-state index is 11.8. The van der Waals surface area contributed by atoms with Crippen molar-refractivity contribution in [1.82, 2.24) is 0 Å². The Labute approximate surface area is 114 Å². The van der Waals surface area contributed by atoms with E-state index in [1.54, 1.807) is 7.05 Å². The number of rotatable bonds is 5. The third-order valence-corrected chi connectivity index (χ3v) is 3.36. The highest BCUT2D eigenvalue weighted by molar-refractivity contribution is 6.03. The zero-order chi connectivity index (χ0) is 14.4. The molecule has 0 radical (unpaired) electrons. The quantitative estimate of drug-likeness (QED) is 0.606. The molecule has 4 nitrogen and oxygen atoms in total. The first-order chi connectivity index (χ1) is 8.99. The number of esters is 1. The van der Waals surface area contributed by atoms with Crippen molar-refractivity contribution in [1.29, 1.82) is 0 Å². The summed E-state index contributed by atoms with van der Waals surface area (Å²) in [6, 6.07) is 7.84. The molecule has 0 N–H and O–H groups in total. The third kappa shape index (κ3) is 4.09. The molecule has 1 unspecified atom stereocenters. The van der Waals surface area contributed by atoms with Gasteiger partial charge in [-0.3, -0.25) is 9.59 Å². The van der Waals surface area contributed by atoms with E-state index in [0.717, 1.165) is 12.1 Å². The van der Waals surface area contributed by atoms with Crippen LogP contribution in [0.1, 0.15) is 38.2 Å². The molecule has 0 aromatic heterocycles. The minimum atomic E-state index is -0.520. The zero-order valence-corrected chi connectivity index (χ0v) is 12.0. The standard InChI is InChI=1S/C15H21NO3/c1-5-11(2)12-6-8-13(9-7-12)16(3)14(17)10-15(18)19-4/h6-9,11H,5,10H2,1-4H3. The molecule has 0 heterocycles. The van der Waals surface area contributed by atoms with Crippen molar-refractivity contribution >= 4 is 17.6 Å². The minimum Gasteiger partial charge on any atom is -0.469 e. The van der Waals surface area contributed by atoms with Crippen LogP contribution in [0.25, 0.3) is 0 Å².